The van der Waals surface area contributed by atoms with Gasteiger partial charge in [-0.3, -0.25) is 4.90 Å². The highest BCUT2D eigenvalue weighted by atomic mass is 32.2. The van der Waals surface area contributed by atoms with Crippen molar-refractivity contribution in [2.24, 2.45) is 7.05 Å². The molecule has 0 saturated carbocycles. The fourth-order valence-corrected chi connectivity index (χ4v) is 5.01. The average molecular weight is 451 g/mol. The van der Waals surface area contributed by atoms with Crippen LogP contribution in [-0.2, 0) is 28.2 Å². The van der Waals surface area contributed by atoms with Gasteiger partial charge in [0.15, 0.2) is 9.84 Å². The van der Waals surface area contributed by atoms with Crippen LogP contribution in [0.2, 0.25) is 0 Å². The summed E-state index contributed by atoms with van der Waals surface area (Å²) in [4.78, 5) is 10.8. The van der Waals surface area contributed by atoms with E-state index in [0.29, 0.717) is 18.1 Å². The zero-order chi connectivity index (χ0) is 22.3. The van der Waals surface area contributed by atoms with Gasteiger partial charge in [0.05, 0.1) is 36.0 Å². The Bertz CT molecular complexity index is 1360. The van der Waals surface area contributed by atoms with E-state index in [0.717, 1.165) is 30.2 Å². The van der Waals surface area contributed by atoms with Crippen LogP contribution in [0.15, 0.2) is 65.8 Å². The first-order valence-electron chi connectivity index (χ1n) is 10.6. The highest BCUT2D eigenvalue weighted by molar-refractivity contribution is 7.90. The highest BCUT2D eigenvalue weighted by Crippen LogP contribution is 2.29. The number of imidazole rings is 1. The van der Waals surface area contributed by atoms with Crippen LogP contribution in [0, 0.1) is 0 Å². The van der Waals surface area contributed by atoms with E-state index in [1.165, 1.54) is 22.7 Å². The number of nitrogens with zero attached hydrogens (tertiary/aromatic N) is 3. The molecule has 1 aliphatic heterocycles. The number of aryl methyl sites for hydroxylation is 1. The monoisotopic (exact) mass is 450 g/mol. The molecule has 8 heteroatoms. The third-order valence-corrected chi connectivity index (χ3v) is 7.23. The fourth-order valence-electron chi connectivity index (χ4n) is 4.38. The highest BCUT2D eigenvalue weighted by Gasteiger charge is 2.28. The van der Waals surface area contributed by atoms with Crippen molar-refractivity contribution in [3.8, 4) is 11.3 Å². The minimum Gasteiger partial charge on any atom is -0.378 e. The molecule has 5 rings (SSSR count). The van der Waals surface area contributed by atoms with Crippen molar-refractivity contribution in [3.05, 3.63) is 72.3 Å². The Balaban J connectivity index is 1.40. The quantitative estimate of drug-likeness (QED) is 0.503. The number of fused-ring (bicyclic) bond motifs is 1. The van der Waals surface area contributed by atoms with Crippen LogP contribution in [0.3, 0.4) is 0 Å². The van der Waals surface area contributed by atoms with Crippen LogP contribution in [0.4, 0.5) is 0 Å². The smallest absolute Gasteiger partial charge is 0.175 e. The Morgan fingerprint density at radius 2 is 1.94 bits per heavy atom. The Labute approximate surface area is 187 Å². The third-order valence-electron chi connectivity index (χ3n) is 6.10. The molecule has 4 aromatic rings. The molecule has 1 fully saturated rings. The topological polar surface area (TPSA) is 80.2 Å². The molecule has 1 atom stereocenters. The normalized spacial score (nSPS) is 17.8. The fraction of sp³-hybridized carbons (Fsp3) is 0.292. The molecule has 0 aliphatic carbocycles. The Morgan fingerprint density at radius 3 is 2.72 bits per heavy atom. The van der Waals surface area contributed by atoms with E-state index in [-0.39, 0.29) is 6.04 Å². The number of rotatable bonds is 5. The van der Waals surface area contributed by atoms with E-state index in [1.807, 2.05) is 0 Å². The first-order valence-corrected chi connectivity index (χ1v) is 12.5. The summed E-state index contributed by atoms with van der Waals surface area (Å²) in [5, 5.41) is 1.27. The number of sulfone groups is 1. The number of morpholine rings is 1. The Kier molecular flexibility index (Phi) is 5.36. The average Bonchev–Trinajstić information content (AvgIpc) is 3.40. The lowest BCUT2D eigenvalue weighted by molar-refractivity contribution is -0.0154. The second-order valence-corrected chi connectivity index (χ2v) is 10.3. The molecular formula is C24H26N4O3S. The molecule has 2 aromatic heterocycles. The van der Waals surface area contributed by atoms with Crippen molar-refractivity contribution in [2.45, 2.75) is 17.5 Å². The van der Waals surface area contributed by atoms with Crippen LogP contribution < -0.4 is 0 Å². The number of benzene rings is 2. The van der Waals surface area contributed by atoms with E-state index in [2.05, 4.69) is 56.9 Å². The summed E-state index contributed by atoms with van der Waals surface area (Å²) in [5.74, 6) is 0.854. The number of aromatic nitrogens is 3. The summed E-state index contributed by atoms with van der Waals surface area (Å²) in [6.07, 6.45) is 5.22. The zero-order valence-electron chi connectivity index (χ0n) is 18.2. The molecule has 2 aromatic carbocycles. The van der Waals surface area contributed by atoms with Crippen molar-refractivity contribution < 1.29 is 13.2 Å². The van der Waals surface area contributed by atoms with Crippen LogP contribution >= 0.6 is 0 Å². The molecule has 0 spiro atoms. The van der Waals surface area contributed by atoms with Crippen molar-refractivity contribution >= 4 is 20.7 Å². The number of H-pyrrole nitrogens is 1. The standard InChI is InChI=1S/C24H26N4O3S/c1-27-14-18(20-5-3-4-6-22(20)27)15-28-11-12-31-16-23(28)24-25-13-21(26-24)17-7-9-19(10-8-17)32(2,29)30/h3-10,13-14,23H,11-12,15-16H2,1-2H3,(H,25,26)/t23-/m0/s1. The van der Waals surface area contributed by atoms with Crippen LogP contribution in [0.5, 0.6) is 0 Å². The molecule has 0 radical (unpaired) electrons. The van der Waals surface area contributed by atoms with Gasteiger partial charge in [0.25, 0.3) is 0 Å². The maximum absolute atomic E-state index is 11.7. The maximum atomic E-state index is 11.7. The molecule has 32 heavy (non-hydrogen) atoms. The molecular weight excluding hydrogens is 424 g/mol. The van der Waals surface area contributed by atoms with Gasteiger partial charge < -0.3 is 14.3 Å². The van der Waals surface area contributed by atoms with Gasteiger partial charge in [-0.2, -0.15) is 0 Å². The lowest BCUT2D eigenvalue weighted by Crippen LogP contribution is -2.39. The van der Waals surface area contributed by atoms with Gasteiger partial charge in [-0.05, 0) is 29.3 Å². The molecule has 1 saturated heterocycles. The summed E-state index contributed by atoms with van der Waals surface area (Å²) in [6.45, 7) is 2.91. The molecule has 0 unspecified atom stereocenters. The maximum Gasteiger partial charge on any atom is 0.175 e. The van der Waals surface area contributed by atoms with Gasteiger partial charge in [-0.25, -0.2) is 13.4 Å². The summed E-state index contributed by atoms with van der Waals surface area (Å²) in [7, 11) is -1.14. The first-order chi connectivity index (χ1) is 15.4. The number of para-hydroxylation sites is 1. The van der Waals surface area contributed by atoms with Crippen molar-refractivity contribution in [3.63, 3.8) is 0 Å². The Morgan fingerprint density at radius 1 is 1.16 bits per heavy atom. The van der Waals surface area contributed by atoms with Crippen LogP contribution in [0.25, 0.3) is 22.2 Å². The predicted molar refractivity (Wildman–Crippen MR) is 124 cm³/mol. The van der Waals surface area contributed by atoms with E-state index in [9.17, 15) is 8.42 Å². The van der Waals surface area contributed by atoms with Gasteiger partial charge in [0, 0.05) is 43.5 Å². The van der Waals surface area contributed by atoms with Gasteiger partial charge in [-0.1, -0.05) is 30.3 Å². The van der Waals surface area contributed by atoms with Crippen LogP contribution in [-0.4, -0.2) is 53.9 Å². The van der Waals surface area contributed by atoms with Crippen molar-refractivity contribution in [2.75, 3.05) is 26.0 Å². The molecule has 0 bridgehead atoms. The minimum absolute atomic E-state index is 0.0201. The van der Waals surface area contributed by atoms with Gasteiger partial charge in [-0.15, -0.1) is 0 Å². The summed E-state index contributed by atoms with van der Waals surface area (Å²) in [6, 6.07) is 15.3. The van der Waals surface area contributed by atoms with Gasteiger partial charge >= 0.3 is 0 Å². The van der Waals surface area contributed by atoms with Gasteiger partial charge in [0.1, 0.15) is 5.82 Å². The van der Waals surface area contributed by atoms with E-state index in [1.54, 1.807) is 30.5 Å². The predicted octanol–water partition coefficient (Wildman–Crippen LogP) is 3.55. The number of hydrogen-bond acceptors (Lipinski definition) is 5. The number of ether oxygens (including phenoxy) is 1. The molecule has 1 aliphatic rings. The van der Waals surface area contributed by atoms with E-state index < -0.39 is 9.84 Å². The lowest BCUT2D eigenvalue weighted by atomic mass is 10.1. The summed E-state index contributed by atoms with van der Waals surface area (Å²) in [5.41, 5.74) is 4.27. The molecule has 3 heterocycles. The molecule has 7 nitrogen and oxygen atoms in total. The lowest BCUT2D eigenvalue weighted by Gasteiger charge is -2.34. The SMILES string of the molecule is Cn1cc(CN2CCOC[C@H]2c2ncc(-c3ccc(S(C)(=O)=O)cc3)[nH]2)c2ccccc21. The molecule has 166 valence electrons. The zero-order valence-corrected chi connectivity index (χ0v) is 19.0. The van der Waals surface area contributed by atoms with E-state index in [4.69, 9.17) is 4.74 Å². The Hall–Kier alpha value is -2.94. The number of hydrogen-bond donors (Lipinski definition) is 1. The van der Waals surface area contributed by atoms with E-state index >= 15 is 0 Å². The van der Waals surface area contributed by atoms with Gasteiger partial charge in [0.2, 0.25) is 0 Å². The molecule has 0 amide bonds. The van der Waals surface area contributed by atoms with Crippen molar-refractivity contribution in [1.82, 2.24) is 19.4 Å². The van der Waals surface area contributed by atoms with Crippen molar-refractivity contribution in [1.29, 1.82) is 0 Å². The largest absolute Gasteiger partial charge is 0.378 e. The molecule has 1 N–H and O–H groups in total. The van der Waals surface area contributed by atoms with Crippen LogP contribution in [0.1, 0.15) is 17.4 Å². The first kappa shape index (κ1) is 20.9. The second-order valence-electron chi connectivity index (χ2n) is 8.32. The minimum atomic E-state index is -3.22. The summed E-state index contributed by atoms with van der Waals surface area (Å²) >= 11 is 0. The summed E-state index contributed by atoms with van der Waals surface area (Å²) < 4.78 is 31.4. The number of aromatic amines is 1. The third kappa shape index (κ3) is 3.97. The number of nitrogens with one attached hydrogen (secondary N) is 1. The second kappa shape index (κ2) is 8.20.